The van der Waals surface area contributed by atoms with E-state index in [0.717, 1.165) is 53.3 Å². The molecule has 2 N–H and O–H groups in total. The van der Waals surface area contributed by atoms with Crippen molar-refractivity contribution in [2.75, 3.05) is 30.9 Å². The summed E-state index contributed by atoms with van der Waals surface area (Å²) in [6.07, 6.45) is 3.91. The third-order valence-corrected chi connectivity index (χ3v) is 11.8. The SMILES string of the molecule is CCCc1cnc(CN2CC(CO[Si](C)(C)C(C)(C)C)c3c(Cl)nc(N)nc32)c(C)c1OC. The minimum absolute atomic E-state index is 0.0730. The Bertz CT molecular complexity index is 1010. The minimum Gasteiger partial charge on any atom is -0.496 e. The zero-order chi connectivity index (χ0) is 24.6. The Morgan fingerprint density at radius 2 is 1.97 bits per heavy atom. The van der Waals surface area contributed by atoms with E-state index in [-0.39, 0.29) is 16.9 Å². The number of methoxy groups -OCH3 is 1. The fourth-order valence-electron chi connectivity index (χ4n) is 4.04. The van der Waals surface area contributed by atoms with Crippen LogP contribution in [-0.2, 0) is 17.4 Å². The molecule has 2 aromatic rings. The molecule has 182 valence electrons. The van der Waals surface area contributed by atoms with Crippen LogP contribution in [0.1, 0.15) is 62.4 Å². The Morgan fingerprint density at radius 3 is 2.58 bits per heavy atom. The molecule has 0 saturated carbocycles. The first kappa shape index (κ1) is 25.7. The maximum absolute atomic E-state index is 6.57. The van der Waals surface area contributed by atoms with Crippen LogP contribution in [0.3, 0.4) is 0 Å². The van der Waals surface area contributed by atoms with Gasteiger partial charge in [-0.15, -0.1) is 0 Å². The van der Waals surface area contributed by atoms with Crippen molar-refractivity contribution in [2.45, 2.75) is 78.1 Å². The lowest BCUT2D eigenvalue weighted by molar-refractivity contribution is 0.267. The second-order valence-electron chi connectivity index (χ2n) is 10.4. The molecule has 3 rings (SSSR count). The monoisotopic (exact) mass is 491 g/mol. The van der Waals surface area contributed by atoms with Crippen molar-refractivity contribution in [3.05, 3.63) is 33.7 Å². The smallest absolute Gasteiger partial charge is 0.223 e. The van der Waals surface area contributed by atoms with Crippen molar-refractivity contribution in [1.82, 2.24) is 15.0 Å². The van der Waals surface area contributed by atoms with E-state index in [2.05, 4.69) is 62.6 Å². The van der Waals surface area contributed by atoms with Gasteiger partial charge in [0, 0.05) is 42.0 Å². The number of halogens is 1. The maximum atomic E-state index is 6.57. The molecule has 0 amide bonds. The summed E-state index contributed by atoms with van der Waals surface area (Å²) < 4.78 is 12.3. The molecule has 0 aromatic carbocycles. The molecular weight excluding hydrogens is 454 g/mol. The summed E-state index contributed by atoms with van der Waals surface area (Å²) in [7, 11) is -0.189. The summed E-state index contributed by atoms with van der Waals surface area (Å²) in [4.78, 5) is 15.8. The number of ether oxygens (including phenoxy) is 1. The number of nitrogens with zero attached hydrogens (tertiary/aromatic N) is 4. The molecule has 0 fully saturated rings. The van der Waals surface area contributed by atoms with Gasteiger partial charge in [0.1, 0.15) is 16.7 Å². The first-order chi connectivity index (χ1) is 15.4. The van der Waals surface area contributed by atoms with Crippen molar-refractivity contribution in [2.24, 2.45) is 0 Å². The molecule has 9 heteroatoms. The predicted molar refractivity (Wildman–Crippen MR) is 138 cm³/mol. The fraction of sp³-hybridized carbons (Fsp3) is 0.625. The molecule has 1 aliphatic rings. The fourth-order valence-corrected chi connectivity index (χ4v) is 5.41. The first-order valence-electron chi connectivity index (χ1n) is 11.6. The molecule has 0 radical (unpaired) electrons. The Labute approximate surface area is 204 Å². The zero-order valence-corrected chi connectivity index (χ0v) is 23.0. The third-order valence-electron chi connectivity index (χ3n) is 7.00. The zero-order valence-electron chi connectivity index (χ0n) is 21.3. The number of aromatic nitrogens is 3. The second-order valence-corrected chi connectivity index (χ2v) is 15.6. The molecule has 3 heterocycles. The number of fused-ring (bicyclic) bond motifs is 1. The van der Waals surface area contributed by atoms with Crippen molar-refractivity contribution in [3.8, 4) is 5.75 Å². The topological polar surface area (TPSA) is 86.4 Å². The van der Waals surface area contributed by atoms with Gasteiger partial charge in [-0.2, -0.15) is 4.98 Å². The molecule has 1 aliphatic heterocycles. The van der Waals surface area contributed by atoms with Gasteiger partial charge < -0.3 is 19.8 Å². The summed E-state index contributed by atoms with van der Waals surface area (Å²) in [6, 6.07) is 0. The van der Waals surface area contributed by atoms with Gasteiger partial charge in [-0.3, -0.25) is 4.98 Å². The summed E-state index contributed by atoms with van der Waals surface area (Å²) >= 11 is 6.57. The van der Waals surface area contributed by atoms with E-state index in [9.17, 15) is 0 Å². The normalized spacial score (nSPS) is 16.3. The number of anilines is 2. The molecule has 1 unspecified atom stereocenters. The molecule has 0 aliphatic carbocycles. The number of rotatable bonds is 8. The van der Waals surface area contributed by atoms with E-state index >= 15 is 0 Å². The lowest BCUT2D eigenvalue weighted by Crippen LogP contribution is -2.42. The van der Waals surface area contributed by atoms with Gasteiger partial charge in [-0.25, -0.2) is 4.98 Å². The molecule has 2 aromatic heterocycles. The van der Waals surface area contributed by atoms with Crippen LogP contribution >= 0.6 is 11.6 Å². The number of hydrogen-bond acceptors (Lipinski definition) is 7. The molecule has 7 nitrogen and oxygen atoms in total. The second kappa shape index (κ2) is 9.76. The number of nitrogen functional groups attached to an aromatic ring is 1. The highest BCUT2D eigenvalue weighted by molar-refractivity contribution is 6.74. The van der Waals surface area contributed by atoms with E-state index in [1.165, 1.54) is 0 Å². The first-order valence-corrected chi connectivity index (χ1v) is 14.9. The van der Waals surface area contributed by atoms with Crippen molar-refractivity contribution in [3.63, 3.8) is 0 Å². The minimum atomic E-state index is -1.91. The van der Waals surface area contributed by atoms with Crippen LogP contribution in [-0.4, -0.2) is 43.5 Å². The maximum Gasteiger partial charge on any atom is 0.223 e. The molecule has 0 saturated heterocycles. The highest BCUT2D eigenvalue weighted by atomic mass is 35.5. The van der Waals surface area contributed by atoms with E-state index in [1.807, 2.05) is 6.20 Å². The van der Waals surface area contributed by atoms with E-state index in [0.29, 0.717) is 18.3 Å². The lowest BCUT2D eigenvalue weighted by Gasteiger charge is -2.37. The van der Waals surface area contributed by atoms with Crippen molar-refractivity contribution >= 4 is 31.7 Å². The number of nitrogens with two attached hydrogens (primary N) is 1. The standard InChI is InChI=1S/C24H38ClN5O2Si/c1-9-10-16-11-27-18(15(2)20(16)31-6)13-30-12-17(14-32-33(7,8)24(3,4)5)19-21(25)28-23(26)29-22(19)30/h11,17H,9-10,12-14H2,1-8H3,(H2,26,28,29). The van der Waals surface area contributed by atoms with Crippen molar-refractivity contribution < 1.29 is 9.16 Å². The highest BCUT2D eigenvalue weighted by Crippen LogP contribution is 2.43. The van der Waals surface area contributed by atoms with Gasteiger partial charge in [0.2, 0.25) is 5.95 Å². The molecule has 0 spiro atoms. The van der Waals surface area contributed by atoms with Gasteiger partial charge in [-0.1, -0.05) is 45.7 Å². The van der Waals surface area contributed by atoms with Gasteiger partial charge in [0.05, 0.1) is 19.3 Å². The van der Waals surface area contributed by atoms with Gasteiger partial charge in [0.15, 0.2) is 8.32 Å². The Hall–Kier alpha value is -1.90. The van der Waals surface area contributed by atoms with Crippen LogP contribution in [0.15, 0.2) is 6.20 Å². The van der Waals surface area contributed by atoms with Gasteiger partial charge in [-0.05, 0) is 31.5 Å². The van der Waals surface area contributed by atoms with E-state index < -0.39 is 8.32 Å². The van der Waals surface area contributed by atoms with Gasteiger partial charge >= 0.3 is 0 Å². The average Bonchev–Trinajstić information content (AvgIpc) is 3.05. The quantitative estimate of drug-likeness (QED) is 0.385. The van der Waals surface area contributed by atoms with Crippen LogP contribution < -0.4 is 15.4 Å². The third kappa shape index (κ3) is 5.28. The lowest BCUT2D eigenvalue weighted by atomic mass is 10.1. The van der Waals surface area contributed by atoms with E-state index in [4.69, 9.17) is 31.5 Å². The molecule has 1 atom stereocenters. The van der Waals surface area contributed by atoms with Crippen LogP contribution in [0.25, 0.3) is 0 Å². The Morgan fingerprint density at radius 1 is 1.27 bits per heavy atom. The highest BCUT2D eigenvalue weighted by Gasteiger charge is 2.40. The van der Waals surface area contributed by atoms with Crippen LogP contribution in [0, 0.1) is 6.92 Å². The Balaban J connectivity index is 1.91. The summed E-state index contributed by atoms with van der Waals surface area (Å²) in [5.41, 5.74) is 10.0. The summed E-state index contributed by atoms with van der Waals surface area (Å²) in [5.74, 6) is 1.94. The molecular formula is C24H38ClN5O2Si. The van der Waals surface area contributed by atoms with Gasteiger partial charge in [0.25, 0.3) is 0 Å². The van der Waals surface area contributed by atoms with Crippen LogP contribution in [0.5, 0.6) is 5.75 Å². The largest absolute Gasteiger partial charge is 0.496 e. The van der Waals surface area contributed by atoms with Crippen molar-refractivity contribution in [1.29, 1.82) is 0 Å². The number of pyridine rings is 1. The van der Waals surface area contributed by atoms with E-state index in [1.54, 1.807) is 7.11 Å². The predicted octanol–water partition coefficient (Wildman–Crippen LogP) is 5.50. The molecule has 0 bridgehead atoms. The van der Waals surface area contributed by atoms with Crippen LogP contribution in [0.2, 0.25) is 23.3 Å². The molecule has 33 heavy (non-hydrogen) atoms. The Kier molecular flexibility index (Phi) is 7.60. The average molecular weight is 492 g/mol. The number of hydrogen-bond donors (Lipinski definition) is 1. The summed E-state index contributed by atoms with van der Waals surface area (Å²) in [6.45, 7) is 17.4. The van der Waals surface area contributed by atoms with Crippen LogP contribution in [0.4, 0.5) is 11.8 Å². The summed E-state index contributed by atoms with van der Waals surface area (Å²) in [5, 5.41) is 0.539. The number of aryl methyl sites for hydroxylation is 1.